The van der Waals surface area contributed by atoms with Crippen molar-refractivity contribution < 1.29 is 4.79 Å². The van der Waals surface area contributed by atoms with Crippen molar-refractivity contribution in [2.24, 2.45) is 0 Å². The summed E-state index contributed by atoms with van der Waals surface area (Å²) in [6.45, 7) is 4.70. The van der Waals surface area contributed by atoms with Crippen LogP contribution in [0, 0.1) is 0 Å². The van der Waals surface area contributed by atoms with Crippen LogP contribution in [0.15, 0.2) is 29.6 Å². The second-order valence-electron chi connectivity index (χ2n) is 4.45. The molecule has 0 fully saturated rings. The monoisotopic (exact) mass is 289 g/mol. The number of anilines is 2. The van der Waals surface area contributed by atoms with E-state index in [1.165, 1.54) is 16.9 Å². The lowest BCUT2D eigenvalue weighted by Gasteiger charge is -2.03. The van der Waals surface area contributed by atoms with E-state index in [1.807, 2.05) is 24.4 Å². The Bertz CT molecular complexity index is 563. The van der Waals surface area contributed by atoms with Crippen LogP contribution in [-0.4, -0.2) is 17.4 Å². The summed E-state index contributed by atoms with van der Waals surface area (Å²) < 4.78 is 0. The van der Waals surface area contributed by atoms with Crippen LogP contribution < -0.4 is 10.6 Å². The largest absolute Gasteiger partial charge is 0.356 e. The van der Waals surface area contributed by atoms with Gasteiger partial charge in [-0.05, 0) is 31.0 Å². The number of rotatable bonds is 6. The normalized spacial score (nSPS) is 10.3. The minimum atomic E-state index is 0.0108. The summed E-state index contributed by atoms with van der Waals surface area (Å²) in [5, 5.41) is 8.76. The predicted octanol–water partition coefficient (Wildman–Crippen LogP) is 3.13. The quantitative estimate of drug-likeness (QED) is 0.859. The molecule has 2 rings (SSSR count). The molecule has 1 amide bonds. The van der Waals surface area contributed by atoms with Gasteiger partial charge in [0, 0.05) is 17.6 Å². The third kappa shape index (κ3) is 4.06. The third-order valence-electron chi connectivity index (χ3n) is 2.88. The molecule has 106 valence electrons. The number of carbonyl (C=O) groups excluding carboxylic acids is 1. The molecule has 0 spiro atoms. The number of nitrogens with zero attached hydrogens (tertiary/aromatic N) is 1. The van der Waals surface area contributed by atoms with E-state index in [1.54, 1.807) is 0 Å². The van der Waals surface area contributed by atoms with Crippen molar-refractivity contribution >= 4 is 28.1 Å². The molecule has 1 aromatic heterocycles. The van der Waals surface area contributed by atoms with Crippen molar-refractivity contribution in [3.05, 3.63) is 40.9 Å². The fourth-order valence-corrected chi connectivity index (χ4v) is 2.55. The number of thiazole rings is 1. The second-order valence-corrected chi connectivity index (χ2v) is 5.31. The van der Waals surface area contributed by atoms with Crippen LogP contribution in [-0.2, 0) is 17.6 Å². The van der Waals surface area contributed by atoms with Gasteiger partial charge in [-0.2, -0.15) is 0 Å². The van der Waals surface area contributed by atoms with E-state index >= 15 is 0 Å². The summed E-state index contributed by atoms with van der Waals surface area (Å²) in [5.74, 6) is 0.0108. The minimum absolute atomic E-state index is 0.0108. The Morgan fingerprint density at radius 1 is 1.25 bits per heavy atom. The van der Waals surface area contributed by atoms with Crippen LogP contribution in [0.25, 0.3) is 0 Å². The molecule has 0 atom stereocenters. The van der Waals surface area contributed by atoms with Crippen LogP contribution >= 0.6 is 11.3 Å². The molecule has 4 nitrogen and oxygen atoms in total. The Morgan fingerprint density at radius 3 is 2.65 bits per heavy atom. The van der Waals surface area contributed by atoms with Crippen molar-refractivity contribution in [2.45, 2.75) is 26.7 Å². The molecule has 1 aromatic carbocycles. The van der Waals surface area contributed by atoms with Gasteiger partial charge < -0.3 is 10.6 Å². The van der Waals surface area contributed by atoms with Crippen LogP contribution in [0.2, 0.25) is 0 Å². The molecule has 0 saturated heterocycles. The van der Waals surface area contributed by atoms with Crippen molar-refractivity contribution in [3.8, 4) is 0 Å². The molecule has 2 N–H and O–H groups in total. The maximum absolute atomic E-state index is 11.5. The fraction of sp³-hybridized carbons (Fsp3) is 0.333. The van der Waals surface area contributed by atoms with Crippen molar-refractivity contribution in [1.82, 2.24) is 10.3 Å². The van der Waals surface area contributed by atoms with E-state index in [2.05, 4.69) is 34.7 Å². The van der Waals surface area contributed by atoms with Gasteiger partial charge in [0.15, 0.2) is 5.13 Å². The summed E-state index contributed by atoms with van der Waals surface area (Å²) in [4.78, 5) is 15.9. The number of carbonyl (C=O) groups is 1. The smallest absolute Gasteiger partial charge is 0.226 e. The molecule has 0 aliphatic rings. The number of benzene rings is 1. The Kier molecular flexibility index (Phi) is 5.12. The van der Waals surface area contributed by atoms with Crippen molar-refractivity contribution in [3.63, 3.8) is 0 Å². The summed E-state index contributed by atoms with van der Waals surface area (Å²) in [5.41, 5.74) is 3.13. The van der Waals surface area contributed by atoms with E-state index < -0.39 is 0 Å². The van der Waals surface area contributed by atoms with Crippen LogP contribution in [0.1, 0.15) is 25.1 Å². The highest BCUT2D eigenvalue weighted by molar-refractivity contribution is 7.13. The molecule has 5 heteroatoms. The maximum Gasteiger partial charge on any atom is 0.226 e. The van der Waals surface area contributed by atoms with Crippen LogP contribution in [0.3, 0.4) is 0 Å². The number of amides is 1. The van der Waals surface area contributed by atoms with E-state index in [-0.39, 0.29) is 5.91 Å². The first-order chi connectivity index (χ1) is 9.71. The van der Waals surface area contributed by atoms with Crippen molar-refractivity contribution in [1.29, 1.82) is 0 Å². The second kappa shape index (κ2) is 7.05. The summed E-state index contributed by atoms with van der Waals surface area (Å²) in [6.07, 6.45) is 1.37. The topological polar surface area (TPSA) is 54.0 Å². The van der Waals surface area contributed by atoms with E-state index in [0.717, 1.165) is 22.9 Å². The predicted molar refractivity (Wildman–Crippen MR) is 83.6 cm³/mol. The molecular weight excluding hydrogens is 270 g/mol. The number of nitrogens with one attached hydrogen (secondary N) is 2. The zero-order valence-electron chi connectivity index (χ0n) is 11.8. The SMILES string of the molecule is CCNC(=O)Cc1csc(Nc2ccc(CC)cc2)n1. The van der Waals surface area contributed by atoms with Gasteiger partial charge in [-0.3, -0.25) is 4.79 Å². The van der Waals surface area contributed by atoms with Crippen molar-refractivity contribution in [2.75, 3.05) is 11.9 Å². The minimum Gasteiger partial charge on any atom is -0.356 e. The van der Waals surface area contributed by atoms with Gasteiger partial charge in [0.2, 0.25) is 5.91 Å². The number of hydrogen-bond donors (Lipinski definition) is 2. The lowest BCUT2D eigenvalue weighted by Crippen LogP contribution is -2.24. The lowest BCUT2D eigenvalue weighted by atomic mass is 10.1. The van der Waals surface area contributed by atoms with Gasteiger partial charge >= 0.3 is 0 Å². The summed E-state index contributed by atoms with van der Waals surface area (Å²) in [6, 6.07) is 8.30. The molecule has 0 saturated carbocycles. The van der Waals surface area contributed by atoms with E-state index in [9.17, 15) is 4.79 Å². The zero-order valence-corrected chi connectivity index (χ0v) is 12.6. The molecule has 20 heavy (non-hydrogen) atoms. The molecular formula is C15H19N3OS. The summed E-state index contributed by atoms with van der Waals surface area (Å²) in [7, 11) is 0. The van der Waals surface area contributed by atoms with Gasteiger partial charge in [-0.1, -0.05) is 19.1 Å². The van der Waals surface area contributed by atoms with Gasteiger partial charge in [-0.15, -0.1) is 11.3 Å². The Labute approximate surface area is 123 Å². The maximum atomic E-state index is 11.5. The first-order valence-electron chi connectivity index (χ1n) is 6.78. The van der Waals surface area contributed by atoms with Gasteiger partial charge in [0.1, 0.15) is 0 Å². The molecule has 1 heterocycles. The first kappa shape index (κ1) is 14.5. The van der Waals surface area contributed by atoms with Gasteiger partial charge in [0.05, 0.1) is 12.1 Å². The van der Waals surface area contributed by atoms with Crippen LogP contribution in [0.4, 0.5) is 10.8 Å². The Morgan fingerprint density at radius 2 is 2.00 bits per heavy atom. The first-order valence-corrected chi connectivity index (χ1v) is 7.66. The number of aromatic nitrogens is 1. The highest BCUT2D eigenvalue weighted by Gasteiger charge is 2.07. The molecule has 2 aromatic rings. The highest BCUT2D eigenvalue weighted by Crippen LogP contribution is 2.21. The van der Waals surface area contributed by atoms with Crippen LogP contribution in [0.5, 0.6) is 0 Å². The average Bonchev–Trinajstić information content (AvgIpc) is 2.87. The van der Waals surface area contributed by atoms with E-state index in [0.29, 0.717) is 13.0 Å². The molecule has 0 unspecified atom stereocenters. The van der Waals surface area contributed by atoms with E-state index in [4.69, 9.17) is 0 Å². The van der Waals surface area contributed by atoms with Gasteiger partial charge in [-0.25, -0.2) is 4.98 Å². The molecule has 0 bridgehead atoms. The number of hydrogen-bond acceptors (Lipinski definition) is 4. The molecule has 0 aliphatic carbocycles. The Hall–Kier alpha value is -1.88. The number of aryl methyl sites for hydroxylation is 1. The third-order valence-corrected chi connectivity index (χ3v) is 3.69. The zero-order chi connectivity index (χ0) is 14.4. The fourth-order valence-electron chi connectivity index (χ4n) is 1.82. The molecule has 0 radical (unpaired) electrons. The highest BCUT2D eigenvalue weighted by atomic mass is 32.1. The number of likely N-dealkylation sites (N-methyl/N-ethyl adjacent to an activating group) is 1. The molecule has 0 aliphatic heterocycles. The lowest BCUT2D eigenvalue weighted by molar-refractivity contribution is -0.120. The standard InChI is InChI=1S/C15H19N3OS/c1-3-11-5-7-12(8-6-11)17-15-18-13(10-20-15)9-14(19)16-4-2/h5-8,10H,3-4,9H2,1-2H3,(H,16,19)(H,17,18). The van der Waals surface area contributed by atoms with Gasteiger partial charge in [0.25, 0.3) is 0 Å². The summed E-state index contributed by atoms with van der Waals surface area (Å²) >= 11 is 1.51. The Balaban J connectivity index is 1.96. The average molecular weight is 289 g/mol.